The lowest BCUT2D eigenvalue weighted by atomic mass is 9.91. The lowest BCUT2D eigenvalue weighted by Crippen LogP contribution is -2.54. The van der Waals surface area contributed by atoms with Crippen molar-refractivity contribution in [2.75, 3.05) is 7.11 Å². The van der Waals surface area contributed by atoms with E-state index in [9.17, 15) is 13.2 Å². The van der Waals surface area contributed by atoms with E-state index in [1.807, 2.05) is 36.4 Å². The normalized spacial score (nSPS) is 11.8. The Morgan fingerprint density at radius 1 is 0.828 bits per heavy atom. The maximum Gasteiger partial charge on any atom is 0.239 e. The number of hydrogen-bond acceptors (Lipinski definition) is 4. The molecule has 2 N–H and O–H groups in total. The molecule has 3 aromatic carbocycles. The molecule has 1 amide bonds. The minimum atomic E-state index is -4.11. The number of methoxy groups -OCH3 is 1. The predicted molar refractivity (Wildman–Crippen MR) is 112 cm³/mol. The second-order valence-electron chi connectivity index (χ2n) is 6.86. The maximum absolute atomic E-state index is 13.8. The average Bonchev–Trinajstić information content (AvgIpc) is 2.74. The highest BCUT2D eigenvalue weighted by Gasteiger charge is 2.50. The van der Waals surface area contributed by atoms with Gasteiger partial charge in [-0.1, -0.05) is 60.7 Å². The van der Waals surface area contributed by atoms with Crippen LogP contribution in [0, 0.1) is 0 Å². The summed E-state index contributed by atoms with van der Waals surface area (Å²) in [6.07, 6.45) is -0.0428. The van der Waals surface area contributed by atoms with E-state index in [1.165, 1.54) is 19.2 Å². The molecular weight excluding hydrogens is 386 g/mol. The van der Waals surface area contributed by atoms with Crippen molar-refractivity contribution >= 4 is 15.7 Å². The standard InChI is InChI=1S/C23H23NO4S/c1-28-20-12-14-21(15-13-20)29(26,27)23(22(24)25,16-18-8-4-2-5-9-18)17-19-10-6-3-7-11-19/h2-15H,16-17H2,1H3,(H2,24,25). The lowest BCUT2D eigenvalue weighted by Gasteiger charge is -2.31. The van der Waals surface area contributed by atoms with Gasteiger partial charge in [-0.05, 0) is 35.4 Å². The molecule has 6 heteroatoms. The van der Waals surface area contributed by atoms with Gasteiger partial charge in [0.1, 0.15) is 5.75 Å². The van der Waals surface area contributed by atoms with E-state index >= 15 is 0 Å². The van der Waals surface area contributed by atoms with Crippen LogP contribution in [0.1, 0.15) is 11.1 Å². The minimum absolute atomic E-state index is 0.0214. The van der Waals surface area contributed by atoms with Gasteiger partial charge in [-0.2, -0.15) is 0 Å². The number of sulfone groups is 1. The monoisotopic (exact) mass is 409 g/mol. The summed E-state index contributed by atoms with van der Waals surface area (Å²) in [6, 6.07) is 24.1. The second-order valence-corrected chi connectivity index (χ2v) is 9.12. The molecule has 0 unspecified atom stereocenters. The van der Waals surface area contributed by atoms with E-state index in [0.717, 1.165) is 11.1 Å². The van der Waals surface area contributed by atoms with Gasteiger partial charge in [-0.15, -0.1) is 0 Å². The van der Waals surface area contributed by atoms with Crippen LogP contribution in [-0.2, 0) is 27.5 Å². The van der Waals surface area contributed by atoms with E-state index in [4.69, 9.17) is 10.5 Å². The number of nitrogens with two attached hydrogens (primary N) is 1. The summed E-state index contributed by atoms with van der Waals surface area (Å²) in [5.41, 5.74) is 7.25. The molecule has 5 nitrogen and oxygen atoms in total. The highest BCUT2D eigenvalue weighted by molar-refractivity contribution is 7.93. The number of hydrogen-bond donors (Lipinski definition) is 1. The van der Waals surface area contributed by atoms with Crippen molar-refractivity contribution < 1.29 is 17.9 Å². The van der Waals surface area contributed by atoms with Crippen LogP contribution >= 0.6 is 0 Å². The van der Waals surface area contributed by atoms with Gasteiger partial charge in [0.15, 0.2) is 14.6 Å². The second kappa shape index (κ2) is 8.49. The third-order valence-electron chi connectivity index (χ3n) is 5.00. The fourth-order valence-electron chi connectivity index (χ4n) is 3.39. The SMILES string of the molecule is COc1ccc(S(=O)(=O)C(Cc2ccccc2)(Cc2ccccc2)C(N)=O)cc1. The molecule has 0 heterocycles. The van der Waals surface area contributed by atoms with Crippen LogP contribution in [0.2, 0.25) is 0 Å². The van der Waals surface area contributed by atoms with Crippen LogP contribution < -0.4 is 10.5 Å². The third kappa shape index (κ3) is 4.17. The van der Waals surface area contributed by atoms with Gasteiger partial charge >= 0.3 is 0 Å². The molecule has 0 aromatic heterocycles. The Bertz CT molecular complexity index is 1020. The molecular formula is C23H23NO4S. The first-order chi connectivity index (χ1) is 13.9. The van der Waals surface area contributed by atoms with Crippen molar-refractivity contribution in [3.8, 4) is 5.75 Å². The Morgan fingerprint density at radius 3 is 1.66 bits per heavy atom. The van der Waals surface area contributed by atoms with Crippen molar-refractivity contribution in [1.82, 2.24) is 0 Å². The smallest absolute Gasteiger partial charge is 0.239 e. The van der Waals surface area contributed by atoms with Gasteiger partial charge in [-0.3, -0.25) is 4.79 Å². The van der Waals surface area contributed by atoms with Gasteiger partial charge in [0.25, 0.3) is 0 Å². The average molecular weight is 410 g/mol. The predicted octanol–water partition coefficient (Wildman–Crippen LogP) is 3.18. The van der Waals surface area contributed by atoms with E-state index in [1.54, 1.807) is 36.4 Å². The Morgan fingerprint density at radius 2 is 1.28 bits per heavy atom. The third-order valence-corrected chi connectivity index (χ3v) is 7.41. The van der Waals surface area contributed by atoms with Crippen LogP contribution in [0.3, 0.4) is 0 Å². The Balaban J connectivity index is 2.17. The topological polar surface area (TPSA) is 86.5 Å². The zero-order valence-electron chi connectivity index (χ0n) is 16.1. The zero-order chi connectivity index (χ0) is 20.9. The fourth-order valence-corrected chi connectivity index (χ4v) is 5.31. The molecule has 29 heavy (non-hydrogen) atoms. The molecule has 0 aliphatic heterocycles. The molecule has 0 fully saturated rings. The summed E-state index contributed by atoms with van der Waals surface area (Å²) >= 11 is 0. The number of rotatable bonds is 8. The molecule has 0 bridgehead atoms. The highest BCUT2D eigenvalue weighted by atomic mass is 32.2. The molecule has 3 rings (SSSR count). The first kappa shape index (κ1) is 20.6. The van der Waals surface area contributed by atoms with Crippen LogP contribution in [0.5, 0.6) is 5.75 Å². The van der Waals surface area contributed by atoms with E-state index < -0.39 is 20.5 Å². The van der Waals surface area contributed by atoms with Crippen LogP contribution in [0.15, 0.2) is 89.8 Å². The van der Waals surface area contributed by atoms with Gasteiger partial charge in [0.05, 0.1) is 12.0 Å². The summed E-state index contributed by atoms with van der Waals surface area (Å²) in [7, 11) is -2.61. The van der Waals surface area contributed by atoms with Gasteiger partial charge < -0.3 is 10.5 Å². The number of ether oxygens (including phenoxy) is 1. The van der Waals surface area contributed by atoms with Gasteiger partial charge in [0, 0.05) is 12.8 Å². The summed E-state index contributed by atoms with van der Waals surface area (Å²) in [5, 5.41) is 0. The van der Waals surface area contributed by atoms with Crippen molar-refractivity contribution in [1.29, 1.82) is 0 Å². The van der Waals surface area contributed by atoms with Crippen molar-refractivity contribution in [3.05, 3.63) is 96.1 Å². The molecule has 0 aliphatic rings. The Hall–Kier alpha value is -3.12. The first-order valence-electron chi connectivity index (χ1n) is 9.15. The minimum Gasteiger partial charge on any atom is -0.497 e. The molecule has 0 saturated carbocycles. The molecule has 0 saturated heterocycles. The summed E-state index contributed by atoms with van der Waals surface area (Å²) in [6.45, 7) is 0. The molecule has 150 valence electrons. The quantitative estimate of drug-likeness (QED) is 0.619. The van der Waals surface area contributed by atoms with Crippen LogP contribution in [-0.4, -0.2) is 26.2 Å². The molecule has 0 spiro atoms. The maximum atomic E-state index is 13.8. The van der Waals surface area contributed by atoms with E-state index in [2.05, 4.69) is 0 Å². The van der Waals surface area contributed by atoms with E-state index in [-0.39, 0.29) is 17.7 Å². The molecule has 3 aromatic rings. The summed E-state index contributed by atoms with van der Waals surface area (Å²) in [4.78, 5) is 12.8. The summed E-state index contributed by atoms with van der Waals surface area (Å²) in [5.74, 6) is -0.347. The lowest BCUT2D eigenvalue weighted by molar-refractivity contribution is -0.120. The van der Waals surface area contributed by atoms with E-state index in [0.29, 0.717) is 5.75 Å². The van der Waals surface area contributed by atoms with Crippen molar-refractivity contribution in [2.24, 2.45) is 5.73 Å². The number of carbonyl (C=O) groups excluding carboxylic acids is 1. The first-order valence-corrected chi connectivity index (χ1v) is 10.6. The van der Waals surface area contributed by atoms with Crippen molar-refractivity contribution in [3.63, 3.8) is 0 Å². The largest absolute Gasteiger partial charge is 0.497 e. The number of benzene rings is 3. The number of primary amides is 1. The van der Waals surface area contributed by atoms with Gasteiger partial charge in [0.2, 0.25) is 5.91 Å². The fraction of sp³-hybridized carbons (Fsp3) is 0.174. The zero-order valence-corrected chi connectivity index (χ0v) is 16.9. The highest BCUT2D eigenvalue weighted by Crippen LogP contribution is 2.34. The number of amides is 1. The molecule has 0 radical (unpaired) electrons. The van der Waals surface area contributed by atoms with Gasteiger partial charge in [-0.25, -0.2) is 8.42 Å². The number of carbonyl (C=O) groups is 1. The molecule has 0 atom stereocenters. The summed E-state index contributed by atoms with van der Waals surface area (Å²) < 4.78 is 30.8. The van der Waals surface area contributed by atoms with Crippen molar-refractivity contribution in [2.45, 2.75) is 22.5 Å². The Kier molecular flexibility index (Phi) is 6.03. The molecule has 0 aliphatic carbocycles. The Labute approximate surface area is 171 Å². The van der Waals surface area contributed by atoms with Crippen LogP contribution in [0.4, 0.5) is 0 Å². The van der Waals surface area contributed by atoms with Crippen LogP contribution in [0.25, 0.3) is 0 Å².